The second kappa shape index (κ2) is 5.12. The Morgan fingerprint density at radius 1 is 1.41 bits per heavy atom. The largest absolute Gasteiger partial charge is 0.383 e. The van der Waals surface area contributed by atoms with Gasteiger partial charge in [-0.3, -0.25) is 0 Å². The van der Waals surface area contributed by atoms with E-state index in [-0.39, 0.29) is 5.54 Å². The zero-order valence-electron chi connectivity index (χ0n) is 10.3. The SMILES string of the molecule is CCC(N)(COC)Cc1nc2ccccc2s1. The Morgan fingerprint density at radius 2 is 2.18 bits per heavy atom. The molecule has 1 aromatic carbocycles. The number of fused-ring (bicyclic) bond motifs is 1. The van der Waals surface area contributed by atoms with Gasteiger partial charge in [0.2, 0.25) is 0 Å². The maximum Gasteiger partial charge on any atom is 0.0957 e. The van der Waals surface area contributed by atoms with Gasteiger partial charge in [0, 0.05) is 19.1 Å². The van der Waals surface area contributed by atoms with Crippen molar-refractivity contribution in [2.75, 3.05) is 13.7 Å². The number of hydrogen-bond acceptors (Lipinski definition) is 4. The second-order valence-electron chi connectivity index (χ2n) is 4.40. The van der Waals surface area contributed by atoms with Gasteiger partial charge in [-0.1, -0.05) is 19.1 Å². The van der Waals surface area contributed by atoms with Crippen LogP contribution in [0.25, 0.3) is 10.2 Å². The van der Waals surface area contributed by atoms with E-state index in [0.29, 0.717) is 6.61 Å². The predicted octanol–water partition coefficient (Wildman–Crippen LogP) is 2.59. The molecule has 3 nitrogen and oxygen atoms in total. The molecular formula is C13H18N2OS. The van der Waals surface area contributed by atoms with E-state index in [2.05, 4.69) is 18.0 Å². The highest BCUT2D eigenvalue weighted by Gasteiger charge is 2.24. The minimum atomic E-state index is -0.303. The smallest absolute Gasteiger partial charge is 0.0957 e. The number of methoxy groups -OCH3 is 1. The lowest BCUT2D eigenvalue weighted by molar-refractivity contribution is 0.129. The molecule has 0 bridgehead atoms. The van der Waals surface area contributed by atoms with E-state index in [1.165, 1.54) is 4.70 Å². The van der Waals surface area contributed by atoms with Crippen LogP contribution in [0.4, 0.5) is 0 Å². The Bertz CT molecular complexity index is 464. The average Bonchev–Trinajstić information content (AvgIpc) is 2.71. The van der Waals surface area contributed by atoms with Crippen LogP contribution in [0.3, 0.4) is 0 Å². The molecule has 1 atom stereocenters. The average molecular weight is 250 g/mol. The van der Waals surface area contributed by atoms with Crippen molar-refractivity contribution in [3.63, 3.8) is 0 Å². The zero-order valence-corrected chi connectivity index (χ0v) is 11.1. The van der Waals surface area contributed by atoms with Crippen LogP contribution in [0.1, 0.15) is 18.4 Å². The van der Waals surface area contributed by atoms with Crippen LogP contribution in [-0.4, -0.2) is 24.2 Å². The number of benzene rings is 1. The zero-order chi connectivity index (χ0) is 12.3. The molecule has 0 fully saturated rings. The van der Waals surface area contributed by atoms with Crippen molar-refractivity contribution in [1.82, 2.24) is 4.98 Å². The number of nitrogens with two attached hydrogens (primary N) is 1. The van der Waals surface area contributed by atoms with Gasteiger partial charge in [0.1, 0.15) is 0 Å². The van der Waals surface area contributed by atoms with Gasteiger partial charge >= 0.3 is 0 Å². The van der Waals surface area contributed by atoms with E-state index in [0.717, 1.165) is 23.4 Å². The molecule has 0 aliphatic carbocycles. The summed E-state index contributed by atoms with van der Waals surface area (Å²) in [5.41, 5.74) is 7.06. The number of para-hydroxylation sites is 1. The summed E-state index contributed by atoms with van der Waals surface area (Å²) in [4.78, 5) is 4.61. The third kappa shape index (κ3) is 2.83. The molecule has 0 radical (unpaired) electrons. The maximum absolute atomic E-state index is 6.30. The molecular weight excluding hydrogens is 232 g/mol. The lowest BCUT2D eigenvalue weighted by atomic mass is 9.95. The van der Waals surface area contributed by atoms with Gasteiger partial charge in [-0.25, -0.2) is 4.98 Å². The van der Waals surface area contributed by atoms with Crippen molar-refractivity contribution in [3.05, 3.63) is 29.3 Å². The highest BCUT2D eigenvalue weighted by molar-refractivity contribution is 7.18. The molecule has 2 N–H and O–H groups in total. The van der Waals surface area contributed by atoms with Crippen molar-refractivity contribution in [3.8, 4) is 0 Å². The molecule has 92 valence electrons. The van der Waals surface area contributed by atoms with Gasteiger partial charge in [-0.15, -0.1) is 11.3 Å². The van der Waals surface area contributed by atoms with Gasteiger partial charge in [-0.2, -0.15) is 0 Å². The molecule has 0 amide bonds. The Labute approximate surface area is 106 Å². The van der Waals surface area contributed by atoms with Gasteiger partial charge in [-0.05, 0) is 18.6 Å². The summed E-state index contributed by atoms with van der Waals surface area (Å²) in [6, 6.07) is 8.18. The first-order valence-corrected chi connectivity index (χ1v) is 6.61. The van der Waals surface area contributed by atoms with E-state index in [1.54, 1.807) is 18.4 Å². The van der Waals surface area contributed by atoms with E-state index >= 15 is 0 Å². The fourth-order valence-corrected chi connectivity index (χ4v) is 2.98. The first-order valence-electron chi connectivity index (χ1n) is 5.79. The van der Waals surface area contributed by atoms with E-state index in [1.807, 2.05) is 18.2 Å². The second-order valence-corrected chi connectivity index (χ2v) is 5.52. The van der Waals surface area contributed by atoms with Gasteiger partial charge in [0.25, 0.3) is 0 Å². The standard InChI is InChI=1S/C13H18N2OS/c1-3-13(14,9-16-2)8-12-15-10-6-4-5-7-11(10)17-12/h4-7H,3,8-9,14H2,1-2H3. The summed E-state index contributed by atoms with van der Waals surface area (Å²) in [6.45, 7) is 2.66. The highest BCUT2D eigenvalue weighted by Crippen LogP contribution is 2.25. The van der Waals surface area contributed by atoms with Gasteiger partial charge in [0.05, 0.1) is 21.8 Å². The predicted molar refractivity (Wildman–Crippen MR) is 72.4 cm³/mol. The number of hydrogen-bond donors (Lipinski definition) is 1. The van der Waals surface area contributed by atoms with Crippen molar-refractivity contribution in [1.29, 1.82) is 0 Å². The summed E-state index contributed by atoms with van der Waals surface area (Å²) in [5, 5.41) is 1.09. The number of ether oxygens (including phenoxy) is 1. The number of aromatic nitrogens is 1. The lowest BCUT2D eigenvalue weighted by Crippen LogP contribution is -2.45. The van der Waals surface area contributed by atoms with Crippen molar-refractivity contribution in [2.45, 2.75) is 25.3 Å². The van der Waals surface area contributed by atoms with Crippen LogP contribution in [0.15, 0.2) is 24.3 Å². The summed E-state index contributed by atoms with van der Waals surface area (Å²) >= 11 is 1.72. The Hall–Kier alpha value is -0.970. The molecule has 0 aliphatic rings. The summed E-state index contributed by atoms with van der Waals surface area (Å²) < 4.78 is 6.42. The quantitative estimate of drug-likeness (QED) is 0.887. The Kier molecular flexibility index (Phi) is 3.76. The highest BCUT2D eigenvalue weighted by atomic mass is 32.1. The maximum atomic E-state index is 6.30. The van der Waals surface area contributed by atoms with Gasteiger partial charge < -0.3 is 10.5 Å². The van der Waals surface area contributed by atoms with E-state index in [4.69, 9.17) is 10.5 Å². The monoisotopic (exact) mass is 250 g/mol. The molecule has 0 spiro atoms. The van der Waals surface area contributed by atoms with Crippen LogP contribution in [0.2, 0.25) is 0 Å². The third-order valence-electron chi connectivity index (χ3n) is 2.98. The normalized spacial score (nSPS) is 15.0. The van der Waals surface area contributed by atoms with Crippen LogP contribution < -0.4 is 5.73 Å². The van der Waals surface area contributed by atoms with E-state index in [9.17, 15) is 0 Å². The lowest BCUT2D eigenvalue weighted by Gasteiger charge is -2.25. The molecule has 1 unspecified atom stereocenters. The first kappa shape index (κ1) is 12.5. The summed E-state index contributed by atoms with van der Waals surface area (Å²) in [6.07, 6.45) is 1.66. The van der Waals surface area contributed by atoms with Crippen LogP contribution in [-0.2, 0) is 11.2 Å². The molecule has 17 heavy (non-hydrogen) atoms. The molecule has 0 aliphatic heterocycles. The minimum absolute atomic E-state index is 0.303. The first-order chi connectivity index (χ1) is 8.17. The molecule has 1 aromatic heterocycles. The van der Waals surface area contributed by atoms with Gasteiger partial charge in [0.15, 0.2) is 0 Å². The fourth-order valence-electron chi connectivity index (χ4n) is 1.86. The molecule has 0 saturated heterocycles. The topological polar surface area (TPSA) is 48.1 Å². The number of nitrogens with zero attached hydrogens (tertiary/aromatic N) is 1. The van der Waals surface area contributed by atoms with Crippen LogP contribution >= 0.6 is 11.3 Å². The Morgan fingerprint density at radius 3 is 2.82 bits per heavy atom. The molecule has 2 aromatic rings. The number of thiazole rings is 1. The van der Waals surface area contributed by atoms with Crippen molar-refractivity contribution in [2.24, 2.45) is 5.73 Å². The van der Waals surface area contributed by atoms with E-state index < -0.39 is 0 Å². The Balaban J connectivity index is 2.22. The summed E-state index contributed by atoms with van der Waals surface area (Å²) in [5.74, 6) is 0. The minimum Gasteiger partial charge on any atom is -0.383 e. The molecule has 1 heterocycles. The fraction of sp³-hybridized carbons (Fsp3) is 0.462. The molecule has 2 rings (SSSR count). The molecule has 4 heteroatoms. The number of rotatable bonds is 5. The van der Waals surface area contributed by atoms with Crippen LogP contribution in [0.5, 0.6) is 0 Å². The molecule has 0 saturated carbocycles. The third-order valence-corrected chi connectivity index (χ3v) is 4.01. The summed E-state index contributed by atoms with van der Waals surface area (Å²) in [7, 11) is 1.69. The van der Waals surface area contributed by atoms with Crippen molar-refractivity contribution < 1.29 is 4.74 Å². The van der Waals surface area contributed by atoms with Crippen LogP contribution in [0, 0.1) is 0 Å². The van der Waals surface area contributed by atoms with Crippen molar-refractivity contribution >= 4 is 21.6 Å².